The molecule has 7 heteroatoms. The van der Waals surface area contributed by atoms with E-state index in [0.717, 1.165) is 18.1 Å². The highest BCUT2D eigenvalue weighted by atomic mass is 19.1. The number of rotatable bonds is 7. The van der Waals surface area contributed by atoms with Crippen molar-refractivity contribution in [3.05, 3.63) is 99.2 Å². The van der Waals surface area contributed by atoms with Gasteiger partial charge in [0.1, 0.15) is 11.4 Å². The van der Waals surface area contributed by atoms with Crippen molar-refractivity contribution in [2.75, 3.05) is 18.6 Å². The van der Waals surface area contributed by atoms with Gasteiger partial charge in [0.05, 0.1) is 30.7 Å². The smallest absolute Gasteiger partial charge is 0.295 e. The van der Waals surface area contributed by atoms with E-state index >= 15 is 0 Å². The quantitative estimate of drug-likeness (QED) is 0.292. The molecule has 0 spiro atoms. The van der Waals surface area contributed by atoms with Crippen LogP contribution in [0.1, 0.15) is 53.6 Å². The molecule has 0 saturated carbocycles. The van der Waals surface area contributed by atoms with Crippen molar-refractivity contribution in [2.24, 2.45) is 5.92 Å². The summed E-state index contributed by atoms with van der Waals surface area (Å²) in [6.07, 6.45) is 0.890. The summed E-state index contributed by atoms with van der Waals surface area (Å²) in [6, 6.07) is 15.8. The molecule has 6 nitrogen and oxygen atoms in total. The molecule has 1 unspecified atom stereocenters. The fourth-order valence-electron chi connectivity index (χ4n) is 4.68. The minimum Gasteiger partial charge on any atom is -0.493 e. The lowest BCUT2D eigenvalue weighted by Gasteiger charge is -2.26. The number of anilines is 1. The zero-order chi connectivity index (χ0) is 26.3. The molecule has 1 aromatic heterocycles. The summed E-state index contributed by atoms with van der Waals surface area (Å²) in [4.78, 5) is 29.0. The van der Waals surface area contributed by atoms with Crippen LogP contribution in [0.3, 0.4) is 0 Å². The van der Waals surface area contributed by atoms with E-state index in [1.165, 1.54) is 12.1 Å². The molecule has 0 fully saturated rings. The summed E-state index contributed by atoms with van der Waals surface area (Å²) in [6.45, 7) is 6.71. The molecule has 37 heavy (non-hydrogen) atoms. The maximum absolute atomic E-state index is 14.1. The van der Waals surface area contributed by atoms with E-state index in [4.69, 9.17) is 13.9 Å². The maximum Gasteiger partial charge on any atom is 0.295 e. The average Bonchev–Trinajstić information content (AvgIpc) is 3.17. The third kappa shape index (κ3) is 4.46. The molecule has 0 radical (unpaired) electrons. The van der Waals surface area contributed by atoms with E-state index in [9.17, 15) is 14.0 Å². The van der Waals surface area contributed by atoms with Crippen LogP contribution < -0.4 is 19.8 Å². The number of hydrogen-bond acceptors (Lipinski definition) is 5. The van der Waals surface area contributed by atoms with Gasteiger partial charge in [0.25, 0.3) is 5.91 Å². The van der Waals surface area contributed by atoms with Crippen molar-refractivity contribution in [2.45, 2.75) is 33.2 Å². The van der Waals surface area contributed by atoms with E-state index in [1.54, 1.807) is 24.1 Å². The summed E-state index contributed by atoms with van der Waals surface area (Å²) < 4.78 is 31.5. The number of nitrogens with zero attached hydrogens (tertiary/aromatic N) is 1. The number of ether oxygens (including phenoxy) is 2. The average molecular weight is 502 g/mol. The molecule has 0 saturated heterocycles. The van der Waals surface area contributed by atoms with E-state index in [-0.39, 0.29) is 22.3 Å². The van der Waals surface area contributed by atoms with E-state index in [2.05, 4.69) is 13.8 Å². The second-order valence-corrected chi connectivity index (χ2v) is 9.67. The fraction of sp³-hybridized carbons (Fsp3) is 0.267. The van der Waals surface area contributed by atoms with Gasteiger partial charge in [0.2, 0.25) is 5.76 Å². The minimum atomic E-state index is -0.799. The van der Waals surface area contributed by atoms with E-state index in [1.807, 2.05) is 37.3 Å². The number of benzene rings is 3. The van der Waals surface area contributed by atoms with Gasteiger partial charge < -0.3 is 13.9 Å². The maximum atomic E-state index is 14.1. The van der Waals surface area contributed by atoms with Crippen molar-refractivity contribution in [3.8, 4) is 11.5 Å². The van der Waals surface area contributed by atoms with Crippen LogP contribution in [0.5, 0.6) is 11.5 Å². The van der Waals surface area contributed by atoms with Gasteiger partial charge in [-0.3, -0.25) is 14.5 Å². The van der Waals surface area contributed by atoms with Gasteiger partial charge in [0.15, 0.2) is 16.9 Å². The first-order valence-corrected chi connectivity index (χ1v) is 12.3. The third-order valence-corrected chi connectivity index (χ3v) is 6.57. The Labute approximate surface area is 214 Å². The molecule has 2 heterocycles. The molecule has 0 bridgehead atoms. The summed E-state index contributed by atoms with van der Waals surface area (Å²) in [5.74, 6) is 0.513. The lowest BCUT2D eigenvalue weighted by molar-refractivity contribution is 0.0971. The predicted octanol–water partition coefficient (Wildman–Crippen LogP) is 6.42. The van der Waals surface area contributed by atoms with Crippen LogP contribution in [0.2, 0.25) is 0 Å². The standard InChI is InChI=1S/C30H28FNO5/c1-17(2)12-13-36-24-10-8-19(15-25(24)35-4)27-26-28(33)22-16-20(31)9-11-23(22)37-29(26)30(34)32(27)21-7-5-6-18(3)14-21/h5-11,14-17,27H,12-13H2,1-4H3. The molecule has 1 aliphatic rings. The molecule has 0 aliphatic carbocycles. The predicted molar refractivity (Wildman–Crippen MR) is 140 cm³/mol. The first-order valence-electron chi connectivity index (χ1n) is 12.3. The number of halogens is 1. The fourth-order valence-corrected chi connectivity index (χ4v) is 4.68. The summed E-state index contributed by atoms with van der Waals surface area (Å²) in [5.41, 5.74) is 2.10. The highest BCUT2D eigenvalue weighted by Crippen LogP contribution is 2.43. The van der Waals surface area contributed by atoms with Crippen LogP contribution in [-0.2, 0) is 0 Å². The molecule has 3 aromatic carbocycles. The SMILES string of the molecule is COc1cc(C2c3c(oc4ccc(F)cc4c3=O)C(=O)N2c2cccc(C)c2)ccc1OCCC(C)C. The lowest BCUT2D eigenvalue weighted by atomic mass is 9.97. The molecule has 1 amide bonds. The van der Waals surface area contributed by atoms with Crippen molar-refractivity contribution in [1.29, 1.82) is 0 Å². The number of amides is 1. The van der Waals surface area contributed by atoms with Crippen LogP contribution in [0.15, 0.2) is 69.9 Å². The van der Waals surface area contributed by atoms with E-state index in [0.29, 0.717) is 35.3 Å². The zero-order valence-corrected chi connectivity index (χ0v) is 21.2. The number of aryl methyl sites for hydroxylation is 1. The van der Waals surface area contributed by atoms with Gasteiger partial charge >= 0.3 is 0 Å². The van der Waals surface area contributed by atoms with Gasteiger partial charge in [-0.1, -0.05) is 32.0 Å². The van der Waals surface area contributed by atoms with Gasteiger partial charge in [-0.2, -0.15) is 0 Å². The Morgan fingerprint density at radius 3 is 2.57 bits per heavy atom. The first-order chi connectivity index (χ1) is 17.8. The zero-order valence-electron chi connectivity index (χ0n) is 21.2. The molecular weight excluding hydrogens is 473 g/mol. The van der Waals surface area contributed by atoms with E-state index < -0.39 is 23.2 Å². The highest BCUT2D eigenvalue weighted by molar-refractivity contribution is 6.10. The second kappa shape index (κ2) is 9.73. The normalized spacial score (nSPS) is 14.9. The molecular formula is C30H28FNO5. The Kier molecular flexibility index (Phi) is 6.46. The number of fused-ring (bicyclic) bond motifs is 2. The molecule has 1 aliphatic heterocycles. The summed E-state index contributed by atoms with van der Waals surface area (Å²) >= 11 is 0. The van der Waals surface area contributed by atoms with Crippen LogP contribution in [0, 0.1) is 18.7 Å². The molecule has 1 atom stereocenters. The Hall–Kier alpha value is -4.13. The van der Waals surface area contributed by atoms with Crippen LogP contribution in [0.4, 0.5) is 10.1 Å². The van der Waals surface area contributed by atoms with Crippen LogP contribution in [-0.4, -0.2) is 19.6 Å². The lowest BCUT2D eigenvalue weighted by Crippen LogP contribution is -2.29. The van der Waals surface area contributed by atoms with Crippen molar-refractivity contribution in [1.82, 2.24) is 0 Å². The Morgan fingerprint density at radius 2 is 1.84 bits per heavy atom. The Bertz CT molecular complexity index is 1560. The number of carbonyl (C=O) groups excluding carboxylic acids is 1. The Balaban J connectivity index is 1.69. The highest BCUT2D eigenvalue weighted by Gasteiger charge is 2.44. The first kappa shape index (κ1) is 24.6. The molecule has 5 rings (SSSR count). The largest absolute Gasteiger partial charge is 0.493 e. The topological polar surface area (TPSA) is 69.0 Å². The van der Waals surface area contributed by atoms with Crippen molar-refractivity contribution < 1.29 is 23.1 Å². The molecule has 190 valence electrons. The number of hydrogen-bond donors (Lipinski definition) is 0. The molecule has 0 N–H and O–H groups in total. The minimum absolute atomic E-state index is 0.0492. The van der Waals surface area contributed by atoms with Crippen molar-refractivity contribution >= 4 is 22.6 Å². The van der Waals surface area contributed by atoms with Crippen LogP contribution >= 0.6 is 0 Å². The van der Waals surface area contributed by atoms with Gasteiger partial charge in [-0.25, -0.2) is 4.39 Å². The van der Waals surface area contributed by atoms with Gasteiger partial charge in [-0.05, 0) is 72.9 Å². The second-order valence-electron chi connectivity index (χ2n) is 9.67. The van der Waals surface area contributed by atoms with Crippen LogP contribution in [0.25, 0.3) is 11.0 Å². The Morgan fingerprint density at radius 1 is 1.03 bits per heavy atom. The van der Waals surface area contributed by atoms with Crippen molar-refractivity contribution in [3.63, 3.8) is 0 Å². The third-order valence-electron chi connectivity index (χ3n) is 6.57. The molecule has 4 aromatic rings. The van der Waals surface area contributed by atoms with Gasteiger partial charge in [-0.15, -0.1) is 0 Å². The number of methoxy groups -OCH3 is 1. The summed E-state index contributed by atoms with van der Waals surface area (Å²) in [7, 11) is 1.55. The number of carbonyl (C=O) groups is 1. The monoisotopic (exact) mass is 501 g/mol. The van der Waals surface area contributed by atoms with Gasteiger partial charge in [0, 0.05) is 5.69 Å². The summed E-state index contributed by atoms with van der Waals surface area (Å²) in [5, 5.41) is 0.0863.